The van der Waals surface area contributed by atoms with Gasteiger partial charge in [0.1, 0.15) is 11.6 Å². The zero-order valence-corrected chi connectivity index (χ0v) is 10.7. The minimum Gasteiger partial charge on any atom is -0.363 e. The Kier molecular flexibility index (Phi) is 2.74. The van der Waals surface area contributed by atoms with E-state index >= 15 is 0 Å². The van der Waals surface area contributed by atoms with Crippen LogP contribution in [0.15, 0.2) is 18.5 Å². The number of aromatic nitrogens is 4. The molecule has 0 fully saturated rings. The molecule has 1 unspecified atom stereocenters. The number of aryl methyl sites for hydroxylation is 3. The molecule has 94 valence electrons. The molecule has 1 aliphatic carbocycles. The van der Waals surface area contributed by atoms with Crippen LogP contribution in [-0.2, 0) is 13.5 Å². The maximum absolute atomic E-state index is 4.50. The highest BCUT2D eigenvalue weighted by molar-refractivity contribution is 5.39. The van der Waals surface area contributed by atoms with Crippen molar-refractivity contribution >= 4 is 5.82 Å². The lowest BCUT2D eigenvalue weighted by molar-refractivity contribution is 0.591. The van der Waals surface area contributed by atoms with E-state index in [0.29, 0.717) is 6.04 Å². The van der Waals surface area contributed by atoms with Gasteiger partial charge in [-0.3, -0.25) is 4.68 Å². The molecule has 18 heavy (non-hydrogen) atoms. The maximum atomic E-state index is 4.50. The summed E-state index contributed by atoms with van der Waals surface area (Å²) in [5.74, 6) is 1.69. The van der Waals surface area contributed by atoms with E-state index in [1.807, 2.05) is 24.7 Å². The van der Waals surface area contributed by atoms with E-state index in [1.165, 1.54) is 17.7 Å². The van der Waals surface area contributed by atoms with Crippen LogP contribution < -0.4 is 5.32 Å². The Morgan fingerprint density at radius 2 is 2.33 bits per heavy atom. The van der Waals surface area contributed by atoms with Gasteiger partial charge in [0.2, 0.25) is 0 Å². The standard InChI is InChI=1S/C13H17N5/c1-9-14-7-6-13(15-9)16-11-4-3-5-12-10(11)8-18(2)17-12/h6-8,11H,3-5H2,1-2H3,(H,14,15,16). The van der Waals surface area contributed by atoms with Gasteiger partial charge < -0.3 is 5.32 Å². The van der Waals surface area contributed by atoms with Crippen LogP contribution in [0.4, 0.5) is 5.82 Å². The molecule has 0 saturated heterocycles. The molecule has 1 aliphatic rings. The third-order valence-electron chi connectivity index (χ3n) is 3.32. The van der Waals surface area contributed by atoms with E-state index in [9.17, 15) is 0 Å². The van der Waals surface area contributed by atoms with Gasteiger partial charge in [-0.2, -0.15) is 5.10 Å². The molecule has 0 spiro atoms. The zero-order valence-electron chi connectivity index (χ0n) is 10.7. The van der Waals surface area contributed by atoms with Crippen LogP contribution in [-0.4, -0.2) is 19.7 Å². The summed E-state index contributed by atoms with van der Waals surface area (Å²) in [4.78, 5) is 8.51. The Bertz CT molecular complexity index is 560. The second-order valence-corrected chi connectivity index (χ2v) is 4.78. The van der Waals surface area contributed by atoms with E-state index in [-0.39, 0.29) is 0 Å². The lowest BCUT2D eigenvalue weighted by atomic mass is 9.93. The summed E-state index contributed by atoms with van der Waals surface area (Å²) >= 11 is 0. The van der Waals surface area contributed by atoms with Gasteiger partial charge in [0, 0.05) is 25.0 Å². The van der Waals surface area contributed by atoms with Crippen LogP contribution in [0.5, 0.6) is 0 Å². The van der Waals surface area contributed by atoms with Crippen LogP contribution in [0.1, 0.15) is 36.0 Å². The quantitative estimate of drug-likeness (QED) is 0.876. The summed E-state index contributed by atoms with van der Waals surface area (Å²) in [6, 6.07) is 2.23. The Hall–Kier alpha value is -1.91. The largest absolute Gasteiger partial charge is 0.363 e. The van der Waals surface area contributed by atoms with Gasteiger partial charge in [0.15, 0.2) is 0 Å². The Morgan fingerprint density at radius 3 is 3.17 bits per heavy atom. The molecule has 0 radical (unpaired) electrons. The summed E-state index contributed by atoms with van der Waals surface area (Å²) in [5.41, 5.74) is 2.52. The molecule has 2 heterocycles. The van der Waals surface area contributed by atoms with Gasteiger partial charge in [-0.15, -0.1) is 0 Å². The van der Waals surface area contributed by atoms with E-state index in [2.05, 4.69) is 26.6 Å². The molecule has 5 heteroatoms. The monoisotopic (exact) mass is 243 g/mol. The van der Waals surface area contributed by atoms with Crippen LogP contribution in [0.2, 0.25) is 0 Å². The molecule has 0 aliphatic heterocycles. The molecule has 0 amide bonds. The van der Waals surface area contributed by atoms with Gasteiger partial charge in [-0.05, 0) is 32.3 Å². The van der Waals surface area contributed by atoms with E-state index in [0.717, 1.165) is 24.5 Å². The molecular weight excluding hydrogens is 226 g/mol. The minimum absolute atomic E-state index is 0.316. The molecule has 1 atom stereocenters. The van der Waals surface area contributed by atoms with E-state index in [4.69, 9.17) is 0 Å². The Morgan fingerprint density at radius 1 is 1.44 bits per heavy atom. The van der Waals surface area contributed by atoms with E-state index in [1.54, 1.807) is 6.20 Å². The number of hydrogen-bond acceptors (Lipinski definition) is 4. The Labute approximate surface area is 106 Å². The van der Waals surface area contributed by atoms with Crippen molar-refractivity contribution in [3.05, 3.63) is 35.5 Å². The topological polar surface area (TPSA) is 55.6 Å². The number of nitrogens with one attached hydrogen (secondary N) is 1. The van der Waals surface area contributed by atoms with Crippen molar-refractivity contribution < 1.29 is 0 Å². The minimum atomic E-state index is 0.316. The van der Waals surface area contributed by atoms with Crippen molar-refractivity contribution in [3.63, 3.8) is 0 Å². The van der Waals surface area contributed by atoms with Gasteiger partial charge in [-0.1, -0.05) is 0 Å². The van der Waals surface area contributed by atoms with E-state index < -0.39 is 0 Å². The van der Waals surface area contributed by atoms with Crippen molar-refractivity contribution in [2.45, 2.75) is 32.2 Å². The fraction of sp³-hybridized carbons (Fsp3) is 0.462. The summed E-state index contributed by atoms with van der Waals surface area (Å²) in [6.45, 7) is 1.90. The highest BCUT2D eigenvalue weighted by Gasteiger charge is 2.23. The summed E-state index contributed by atoms with van der Waals surface area (Å²) in [5, 5.41) is 7.99. The van der Waals surface area contributed by atoms with Crippen molar-refractivity contribution in [1.29, 1.82) is 0 Å². The van der Waals surface area contributed by atoms with Crippen molar-refractivity contribution in [1.82, 2.24) is 19.7 Å². The van der Waals surface area contributed by atoms with Crippen molar-refractivity contribution in [2.75, 3.05) is 5.32 Å². The number of nitrogens with zero attached hydrogens (tertiary/aromatic N) is 4. The highest BCUT2D eigenvalue weighted by Crippen LogP contribution is 2.31. The number of hydrogen-bond donors (Lipinski definition) is 1. The summed E-state index contributed by atoms with van der Waals surface area (Å²) < 4.78 is 1.90. The highest BCUT2D eigenvalue weighted by atomic mass is 15.3. The van der Waals surface area contributed by atoms with Crippen LogP contribution in [0.25, 0.3) is 0 Å². The second kappa shape index (κ2) is 4.40. The smallest absolute Gasteiger partial charge is 0.130 e. The first-order chi connectivity index (χ1) is 8.72. The average Bonchev–Trinajstić information content (AvgIpc) is 2.71. The van der Waals surface area contributed by atoms with Gasteiger partial charge in [0.05, 0.1) is 11.7 Å². The van der Waals surface area contributed by atoms with Gasteiger partial charge >= 0.3 is 0 Å². The lowest BCUT2D eigenvalue weighted by Gasteiger charge is -2.23. The molecular formula is C13H17N5. The predicted octanol–water partition coefficient (Wildman–Crippen LogP) is 2.01. The van der Waals surface area contributed by atoms with Crippen LogP contribution >= 0.6 is 0 Å². The summed E-state index contributed by atoms with van der Waals surface area (Å²) in [6.07, 6.45) is 7.28. The van der Waals surface area contributed by atoms with Crippen LogP contribution in [0, 0.1) is 6.92 Å². The third kappa shape index (κ3) is 2.08. The zero-order chi connectivity index (χ0) is 12.5. The SMILES string of the molecule is Cc1nccc(NC2CCCc3nn(C)cc32)n1. The fourth-order valence-corrected chi connectivity index (χ4v) is 2.53. The third-order valence-corrected chi connectivity index (χ3v) is 3.32. The molecule has 1 N–H and O–H groups in total. The normalized spacial score (nSPS) is 18.4. The summed E-state index contributed by atoms with van der Waals surface area (Å²) in [7, 11) is 1.98. The molecule has 0 saturated carbocycles. The molecule has 0 bridgehead atoms. The second-order valence-electron chi connectivity index (χ2n) is 4.78. The molecule has 2 aromatic heterocycles. The maximum Gasteiger partial charge on any atom is 0.130 e. The van der Waals surface area contributed by atoms with Crippen molar-refractivity contribution in [3.8, 4) is 0 Å². The first-order valence-electron chi connectivity index (χ1n) is 6.31. The number of fused-ring (bicyclic) bond motifs is 1. The number of rotatable bonds is 2. The molecule has 2 aromatic rings. The number of anilines is 1. The van der Waals surface area contributed by atoms with Crippen LogP contribution in [0.3, 0.4) is 0 Å². The fourth-order valence-electron chi connectivity index (χ4n) is 2.53. The molecule has 3 rings (SSSR count). The first-order valence-corrected chi connectivity index (χ1v) is 6.31. The predicted molar refractivity (Wildman–Crippen MR) is 69.3 cm³/mol. The van der Waals surface area contributed by atoms with Crippen molar-refractivity contribution in [2.24, 2.45) is 7.05 Å². The molecule has 0 aromatic carbocycles. The van der Waals surface area contributed by atoms with Gasteiger partial charge in [-0.25, -0.2) is 9.97 Å². The van der Waals surface area contributed by atoms with Gasteiger partial charge in [0.25, 0.3) is 0 Å². The lowest BCUT2D eigenvalue weighted by Crippen LogP contribution is -2.17. The average molecular weight is 243 g/mol. The Balaban J connectivity index is 1.86. The molecule has 5 nitrogen and oxygen atoms in total. The first kappa shape index (κ1) is 11.2.